The van der Waals surface area contributed by atoms with Crippen molar-refractivity contribution in [3.63, 3.8) is 0 Å². The lowest BCUT2D eigenvalue weighted by Gasteiger charge is -2.24. The maximum atomic E-state index is 2.27. The Morgan fingerprint density at radius 3 is 1.30 bits per heavy atom. The summed E-state index contributed by atoms with van der Waals surface area (Å²) in [5.74, 6) is 0.277. The monoisotopic (exact) mass is 302 g/mol. The topological polar surface area (TPSA) is 0 Å². The maximum absolute atomic E-state index is 2.27. The number of hydrogen-bond donors (Lipinski definition) is 0. The molecule has 116 valence electrons. The molecule has 3 aromatic carbocycles. The lowest BCUT2D eigenvalue weighted by atomic mass is 9.85. The summed E-state index contributed by atoms with van der Waals surface area (Å²) in [6.45, 7) is 0. The van der Waals surface area contributed by atoms with Gasteiger partial charge in [-0.15, -0.1) is 0 Å². The zero-order valence-electron chi connectivity index (χ0n) is 14.1. The first-order chi connectivity index (χ1) is 11.1. The molecule has 0 aliphatic rings. The first-order valence-corrected chi connectivity index (χ1v) is 8.07. The second-order valence-corrected chi connectivity index (χ2v) is 6.86. The second kappa shape index (κ2) is 6.39. The van der Waals surface area contributed by atoms with Gasteiger partial charge in [-0.05, 0) is 28.8 Å². The molecule has 1 heteroatoms. The predicted molar refractivity (Wildman–Crippen MR) is 99.8 cm³/mol. The first-order valence-electron chi connectivity index (χ1n) is 8.07. The summed E-state index contributed by atoms with van der Waals surface area (Å²) in [5, 5.41) is 0. The van der Waals surface area contributed by atoms with Gasteiger partial charge in [0.2, 0.25) is 0 Å². The molecule has 0 aromatic heterocycles. The summed E-state index contributed by atoms with van der Waals surface area (Å²) < 4.78 is 0.835. The van der Waals surface area contributed by atoms with Crippen LogP contribution >= 0.6 is 0 Å². The average molecular weight is 302 g/mol. The SMILES string of the molecule is C[N+](C)(C)c1ccc(C(c2ccccc2)c2ccccc2)cc1. The Labute approximate surface area is 139 Å². The van der Waals surface area contributed by atoms with Crippen molar-refractivity contribution in [1.82, 2.24) is 4.48 Å². The van der Waals surface area contributed by atoms with Crippen LogP contribution in [0.2, 0.25) is 0 Å². The average Bonchev–Trinajstić information content (AvgIpc) is 2.57. The Kier molecular flexibility index (Phi) is 4.31. The third-order valence-electron chi connectivity index (χ3n) is 4.27. The largest absolute Gasteiger partial charge is 0.298 e. The molecule has 0 bridgehead atoms. The normalized spacial score (nSPS) is 11.7. The van der Waals surface area contributed by atoms with Gasteiger partial charge in [-0.2, -0.15) is 0 Å². The third kappa shape index (κ3) is 3.52. The van der Waals surface area contributed by atoms with Crippen LogP contribution in [0.5, 0.6) is 0 Å². The van der Waals surface area contributed by atoms with E-state index < -0.39 is 0 Å². The molecule has 0 heterocycles. The Morgan fingerprint density at radius 1 is 0.522 bits per heavy atom. The summed E-state index contributed by atoms with van der Waals surface area (Å²) in [5.41, 5.74) is 5.31. The maximum Gasteiger partial charge on any atom is 0.132 e. The molecule has 0 aliphatic carbocycles. The smallest absolute Gasteiger partial charge is 0.132 e. The minimum absolute atomic E-state index is 0.277. The van der Waals surface area contributed by atoms with E-state index >= 15 is 0 Å². The molecule has 3 rings (SSSR count). The fourth-order valence-electron chi connectivity index (χ4n) is 2.98. The molecule has 3 aromatic rings. The van der Waals surface area contributed by atoms with Gasteiger partial charge < -0.3 is 0 Å². The lowest BCUT2D eigenvalue weighted by molar-refractivity contribution is 0.486. The molecule has 0 radical (unpaired) electrons. The number of benzene rings is 3. The van der Waals surface area contributed by atoms with Gasteiger partial charge in [0.05, 0.1) is 21.1 Å². The molecule has 23 heavy (non-hydrogen) atoms. The summed E-state index contributed by atoms with van der Waals surface area (Å²) in [6, 6.07) is 30.5. The highest BCUT2D eigenvalue weighted by Gasteiger charge is 2.18. The van der Waals surface area contributed by atoms with E-state index in [-0.39, 0.29) is 5.92 Å². The predicted octanol–water partition coefficient (Wildman–Crippen LogP) is 5.06. The summed E-state index contributed by atoms with van der Waals surface area (Å²) >= 11 is 0. The highest BCUT2D eigenvalue weighted by atomic mass is 15.3. The van der Waals surface area contributed by atoms with Crippen molar-refractivity contribution in [2.45, 2.75) is 5.92 Å². The van der Waals surface area contributed by atoms with Crippen LogP contribution in [-0.4, -0.2) is 21.1 Å². The zero-order chi connectivity index (χ0) is 16.3. The van der Waals surface area contributed by atoms with Gasteiger partial charge >= 0.3 is 0 Å². The van der Waals surface area contributed by atoms with Crippen molar-refractivity contribution in [3.8, 4) is 0 Å². The van der Waals surface area contributed by atoms with E-state index in [0.29, 0.717) is 0 Å². The molecule has 0 amide bonds. The summed E-state index contributed by atoms with van der Waals surface area (Å²) in [7, 11) is 6.59. The van der Waals surface area contributed by atoms with Gasteiger partial charge in [0.25, 0.3) is 0 Å². The van der Waals surface area contributed by atoms with Gasteiger partial charge in [-0.1, -0.05) is 72.8 Å². The van der Waals surface area contributed by atoms with Crippen molar-refractivity contribution < 1.29 is 0 Å². The molecule has 0 N–H and O–H groups in total. The van der Waals surface area contributed by atoms with E-state index in [1.165, 1.54) is 22.4 Å². The number of rotatable bonds is 4. The standard InChI is InChI=1S/C22H24N/c1-23(2,3)21-16-14-20(15-17-21)22(18-10-6-4-7-11-18)19-12-8-5-9-13-19/h4-17,22H,1-3H3/q+1. The van der Waals surface area contributed by atoms with Crippen LogP contribution in [0.1, 0.15) is 22.6 Å². The van der Waals surface area contributed by atoms with Gasteiger partial charge in [0, 0.05) is 5.92 Å². The molecule has 1 nitrogen and oxygen atoms in total. The van der Waals surface area contributed by atoms with Crippen LogP contribution in [0.4, 0.5) is 5.69 Å². The van der Waals surface area contributed by atoms with Gasteiger partial charge in [0.15, 0.2) is 0 Å². The molecule has 0 aliphatic heterocycles. The molecule has 0 fully saturated rings. The highest BCUT2D eigenvalue weighted by Crippen LogP contribution is 2.33. The van der Waals surface area contributed by atoms with Gasteiger partial charge in [-0.3, -0.25) is 4.48 Å². The fraction of sp³-hybridized carbons (Fsp3) is 0.182. The van der Waals surface area contributed by atoms with E-state index in [0.717, 1.165) is 4.48 Å². The Hall–Kier alpha value is -2.38. The van der Waals surface area contributed by atoms with E-state index in [1.54, 1.807) is 0 Å². The number of nitrogens with zero attached hydrogens (tertiary/aromatic N) is 1. The van der Waals surface area contributed by atoms with Crippen LogP contribution in [0, 0.1) is 0 Å². The molecule has 0 spiro atoms. The quantitative estimate of drug-likeness (QED) is 0.466. The van der Waals surface area contributed by atoms with E-state index in [4.69, 9.17) is 0 Å². The summed E-state index contributed by atoms with van der Waals surface area (Å²) in [4.78, 5) is 0. The third-order valence-corrected chi connectivity index (χ3v) is 4.27. The first kappa shape index (κ1) is 15.5. The number of quaternary nitrogens is 1. The fourth-order valence-corrected chi connectivity index (χ4v) is 2.98. The van der Waals surface area contributed by atoms with Crippen LogP contribution in [0.15, 0.2) is 84.9 Å². The van der Waals surface area contributed by atoms with E-state index in [9.17, 15) is 0 Å². The van der Waals surface area contributed by atoms with E-state index in [1.807, 2.05) is 0 Å². The van der Waals surface area contributed by atoms with Crippen molar-refractivity contribution in [2.24, 2.45) is 0 Å². The van der Waals surface area contributed by atoms with Gasteiger partial charge in [-0.25, -0.2) is 0 Å². The summed E-state index contributed by atoms with van der Waals surface area (Å²) in [6.07, 6.45) is 0. The van der Waals surface area contributed by atoms with Gasteiger partial charge in [0.1, 0.15) is 5.69 Å². The van der Waals surface area contributed by atoms with Crippen LogP contribution in [0.25, 0.3) is 0 Å². The highest BCUT2D eigenvalue weighted by molar-refractivity contribution is 5.48. The van der Waals surface area contributed by atoms with Crippen LogP contribution < -0.4 is 4.48 Å². The van der Waals surface area contributed by atoms with Crippen LogP contribution in [0.3, 0.4) is 0 Å². The Bertz CT molecular complexity index is 698. The minimum atomic E-state index is 0.277. The molecular weight excluding hydrogens is 278 g/mol. The van der Waals surface area contributed by atoms with Crippen molar-refractivity contribution in [1.29, 1.82) is 0 Å². The van der Waals surface area contributed by atoms with Crippen LogP contribution in [-0.2, 0) is 0 Å². The van der Waals surface area contributed by atoms with E-state index in [2.05, 4.69) is 106 Å². The minimum Gasteiger partial charge on any atom is -0.298 e. The zero-order valence-corrected chi connectivity index (χ0v) is 14.1. The van der Waals surface area contributed by atoms with Crippen molar-refractivity contribution in [3.05, 3.63) is 102 Å². The Balaban J connectivity index is 2.06. The molecule has 0 saturated carbocycles. The molecule has 0 unspecified atom stereocenters. The van der Waals surface area contributed by atoms with Crippen molar-refractivity contribution >= 4 is 5.69 Å². The molecular formula is C22H24N+. The molecule has 0 atom stereocenters. The lowest BCUT2D eigenvalue weighted by Crippen LogP contribution is -2.34. The Morgan fingerprint density at radius 2 is 0.913 bits per heavy atom. The number of hydrogen-bond acceptors (Lipinski definition) is 0. The van der Waals surface area contributed by atoms with Crippen molar-refractivity contribution in [2.75, 3.05) is 21.1 Å². The molecule has 0 saturated heterocycles. The second-order valence-electron chi connectivity index (χ2n) is 6.86.